The summed E-state index contributed by atoms with van der Waals surface area (Å²) in [6.07, 6.45) is 42.6. The summed E-state index contributed by atoms with van der Waals surface area (Å²) in [7, 11) is 0. The number of ether oxygens (including phenoxy) is 2. The molecule has 1 amide bonds. The molecule has 1 aliphatic heterocycles. The third kappa shape index (κ3) is 28.9. The summed E-state index contributed by atoms with van der Waals surface area (Å²) in [4.78, 5) is 12.9. The quantitative estimate of drug-likeness (QED) is 0.0269. The van der Waals surface area contributed by atoms with Crippen molar-refractivity contribution in [3.8, 4) is 0 Å². The zero-order valence-corrected chi connectivity index (χ0v) is 36.1. The van der Waals surface area contributed by atoms with Gasteiger partial charge in [0.25, 0.3) is 0 Å². The fourth-order valence-corrected chi connectivity index (χ4v) is 6.80. The van der Waals surface area contributed by atoms with Crippen molar-refractivity contribution in [2.24, 2.45) is 0 Å². The minimum atomic E-state index is -1.58. The standard InChI is InChI=1S/C48H85NO8/c1-3-5-7-9-11-13-15-17-19-20-21-22-24-25-27-29-31-33-35-37-42(51)41(40-56-48-47(55)46(54)45(53)43(39-50)57-48)49-44(52)38-36-34-32-30-28-26-23-18-16-14-12-10-8-6-4-2/h12,14,18,21-23,27,29,35,37,41-43,45-48,50-51,53-55H,3-11,13,15-17,19-20,24-26,28,30-34,36,38-40H2,1-2H3,(H,49,52)/b14-12-,22-21+,23-18-,29-27+,37-35+. The van der Waals surface area contributed by atoms with E-state index < -0.39 is 49.5 Å². The van der Waals surface area contributed by atoms with Gasteiger partial charge in [-0.2, -0.15) is 0 Å². The van der Waals surface area contributed by atoms with Crippen LogP contribution in [0, 0.1) is 0 Å². The lowest BCUT2D eigenvalue weighted by Gasteiger charge is -2.40. The van der Waals surface area contributed by atoms with Crippen LogP contribution in [0.25, 0.3) is 0 Å². The van der Waals surface area contributed by atoms with E-state index >= 15 is 0 Å². The lowest BCUT2D eigenvalue weighted by Crippen LogP contribution is -2.60. The SMILES string of the molecule is CCCCC/C=C\C/C=C\CCCCCCCC(=O)NC(COC1OC(CO)C(O)C(O)C1O)C(O)/C=C/CC/C=C/CC/C=C/CCCCCCCCCCC. The van der Waals surface area contributed by atoms with Crippen molar-refractivity contribution in [1.82, 2.24) is 5.32 Å². The van der Waals surface area contributed by atoms with E-state index in [1.807, 2.05) is 6.08 Å². The fraction of sp³-hybridized carbons (Fsp3) is 0.771. The molecule has 6 N–H and O–H groups in total. The Labute approximate surface area is 347 Å². The lowest BCUT2D eigenvalue weighted by molar-refractivity contribution is -0.302. The van der Waals surface area contributed by atoms with Crippen molar-refractivity contribution in [2.75, 3.05) is 13.2 Å². The predicted octanol–water partition coefficient (Wildman–Crippen LogP) is 9.61. The third-order valence-corrected chi connectivity index (χ3v) is 10.5. The van der Waals surface area contributed by atoms with Gasteiger partial charge in [-0.05, 0) is 77.0 Å². The molecule has 330 valence electrons. The average Bonchev–Trinajstić information content (AvgIpc) is 3.21. The number of hydrogen-bond acceptors (Lipinski definition) is 8. The Morgan fingerprint density at radius 3 is 1.61 bits per heavy atom. The number of carbonyl (C=O) groups is 1. The van der Waals surface area contributed by atoms with Gasteiger partial charge in [-0.1, -0.05) is 158 Å². The van der Waals surface area contributed by atoms with Crippen LogP contribution in [0.1, 0.15) is 181 Å². The minimum Gasteiger partial charge on any atom is -0.394 e. The largest absolute Gasteiger partial charge is 0.394 e. The van der Waals surface area contributed by atoms with E-state index in [1.165, 1.54) is 83.5 Å². The lowest BCUT2D eigenvalue weighted by atomic mass is 9.99. The van der Waals surface area contributed by atoms with Gasteiger partial charge in [0.15, 0.2) is 6.29 Å². The van der Waals surface area contributed by atoms with E-state index in [-0.39, 0.29) is 12.5 Å². The molecular formula is C48H85NO8. The first kappa shape index (κ1) is 52.9. The molecule has 0 aliphatic carbocycles. The van der Waals surface area contributed by atoms with Crippen LogP contribution in [-0.4, -0.2) is 87.5 Å². The molecule has 1 saturated heterocycles. The Bertz CT molecular complexity index is 1070. The molecule has 0 spiro atoms. The molecule has 57 heavy (non-hydrogen) atoms. The van der Waals surface area contributed by atoms with Crippen LogP contribution in [0.2, 0.25) is 0 Å². The summed E-state index contributed by atoms with van der Waals surface area (Å²) in [6, 6.07) is -0.836. The van der Waals surface area contributed by atoms with Gasteiger partial charge in [0, 0.05) is 6.42 Å². The molecule has 0 saturated carbocycles. The van der Waals surface area contributed by atoms with E-state index in [0.29, 0.717) is 6.42 Å². The van der Waals surface area contributed by atoms with Crippen LogP contribution in [0.4, 0.5) is 0 Å². The molecule has 0 aromatic rings. The molecule has 9 nitrogen and oxygen atoms in total. The van der Waals surface area contributed by atoms with Gasteiger partial charge in [-0.25, -0.2) is 0 Å². The maximum Gasteiger partial charge on any atom is 0.220 e. The van der Waals surface area contributed by atoms with Crippen LogP contribution in [-0.2, 0) is 14.3 Å². The van der Waals surface area contributed by atoms with Gasteiger partial charge in [-0.3, -0.25) is 4.79 Å². The fourth-order valence-electron chi connectivity index (χ4n) is 6.80. The summed E-state index contributed by atoms with van der Waals surface area (Å²) in [5, 5.41) is 54.1. The number of aliphatic hydroxyl groups excluding tert-OH is 5. The maximum atomic E-state index is 12.9. The Morgan fingerprint density at radius 2 is 1.05 bits per heavy atom. The van der Waals surface area contributed by atoms with Crippen LogP contribution in [0.3, 0.4) is 0 Å². The first-order valence-corrected chi connectivity index (χ1v) is 23.0. The number of rotatable bonds is 37. The Balaban J connectivity index is 2.42. The van der Waals surface area contributed by atoms with Crippen molar-refractivity contribution in [1.29, 1.82) is 0 Å². The molecule has 7 atom stereocenters. The molecule has 7 unspecified atom stereocenters. The monoisotopic (exact) mass is 804 g/mol. The normalized spacial score (nSPS) is 21.6. The predicted molar refractivity (Wildman–Crippen MR) is 235 cm³/mol. The maximum absolute atomic E-state index is 12.9. The zero-order valence-electron chi connectivity index (χ0n) is 36.1. The second-order valence-corrected chi connectivity index (χ2v) is 15.8. The molecule has 0 radical (unpaired) electrons. The molecule has 0 aromatic heterocycles. The van der Waals surface area contributed by atoms with Gasteiger partial charge in [-0.15, -0.1) is 0 Å². The van der Waals surface area contributed by atoms with Gasteiger partial charge in [0.05, 0.1) is 25.4 Å². The summed E-state index contributed by atoms with van der Waals surface area (Å²) in [5.41, 5.74) is 0. The van der Waals surface area contributed by atoms with Gasteiger partial charge < -0.3 is 40.3 Å². The van der Waals surface area contributed by atoms with Crippen LogP contribution < -0.4 is 5.32 Å². The highest BCUT2D eigenvalue weighted by Gasteiger charge is 2.44. The summed E-state index contributed by atoms with van der Waals surface area (Å²) < 4.78 is 11.2. The number of allylic oxidation sites excluding steroid dienone is 9. The highest BCUT2D eigenvalue weighted by atomic mass is 16.7. The van der Waals surface area contributed by atoms with Crippen LogP contribution in [0.15, 0.2) is 60.8 Å². The highest BCUT2D eigenvalue weighted by molar-refractivity contribution is 5.76. The molecule has 1 heterocycles. The van der Waals surface area contributed by atoms with E-state index in [1.54, 1.807) is 6.08 Å². The van der Waals surface area contributed by atoms with E-state index in [0.717, 1.165) is 77.0 Å². The topological polar surface area (TPSA) is 149 Å². The summed E-state index contributed by atoms with van der Waals surface area (Å²) in [5.74, 6) is -0.208. The average molecular weight is 804 g/mol. The molecule has 0 aromatic carbocycles. The first-order valence-electron chi connectivity index (χ1n) is 23.0. The number of nitrogens with one attached hydrogen (secondary N) is 1. The van der Waals surface area contributed by atoms with Crippen molar-refractivity contribution < 1.29 is 39.8 Å². The zero-order chi connectivity index (χ0) is 41.6. The van der Waals surface area contributed by atoms with Crippen molar-refractivity contribution in [3.05, 3.63) is 60.8 Å². The van der Waals surface area contributed by atoms with E-state index in [4.69, 9.17) is 9.47 Å². The number of hydrogen-bond donors (Lipinski definition) is 6. The van der Waals surface area contributed by atoms with Crippen LogP contribution >= 0.6 is 0 Å². The number of carbonyl (C=O) groups excluding carboxylic acids is 1. The number of aliphatic hydroxyl groups is 5. The van der Waals surface area contributed by atoms with Crippen LogP contribution in [0.5, 0.6) is 0 Å². The second-order valence-electron chi connectivity index (χ2n) is 15.8. The molecule has 0 bridgehead atoms. The molecule has 9 heteroatoms. The van der Waals surface area contributed by atoms with Gasteiger partial charge in [0.1, 0.15) is 24.4 Å². The van der Waals surface area contributed by atoms with Gasteiger partial charge >= 0.3 is 0 Å². The molecule has 1 rings (SSSR count). The Kier molecular flexibility index (Phi) is 35.4. The van der Waals surface area contributed by atoms with E-state index in [9.17, 15) is 30.3 Å². The molecule has 1 fully saturated rings. The van der Waals surface area contributed by atoms with Gasteiger partial charge in [0.2, 0.25) is 5.91 Å². The summed E-state index contributed by atoms with van der Waals surface area (Å²) in [6.45, 7) is 3.70. The number of amides is 1. The number of unbranched alkanes of at least 4 members (excludes halogenated alkanes) is 19. The van der Waals surface area contributed by atoms with Crippen molar-refractivity contribution >= 4 is 5.91 Å². The van der Waals surface area contributed by atoms with Crippen molar-refractivity contribution in [3.63, 3.8) is 0 Å². The highest BCUT2D eigenvalue weighted by Crippen LogP contribution is 2.22. The molecule has 1 aliphatic rings. The van der Waals surface area contributed by atoms with E-state index in [2.05, 4.69) is 67.8 Å². The minimum absolute atomic E-state index is 0.208. The summed E-state index contributed by atoms with van der Waals surface area (Å²) >= 11 is 0. The second kappa shape index (κ2) is 38.1. The Hall–Kier alpha value is -2.11. The van der Waals surface area contributed by atoms with Crippen molar-refractivity contribution in [2.45, 2.75) is 224 Å². The Morgan fingerprint density at radius 1 is 0.596 bits per heavy atom. The first-order chi connectivity index (χ1) is 27.8. The molecular weight excluding hydrogens is 719 g/mol. The third-order valence-electron chi connectivity index (χ3n) is 10.5. The smallest absolute Gasteiger partial charge is 0.220 e.